The van der Waals surface area contributed by atoms with Gasteiger partial charge in [0.15, 0.2) is 28.6 Å². The van der Waals surface area contributed by atoms with E-state index in [4.69, 9.17) is 52.0 Å². The van der Waals surface area contributed by atoms with Crippen LogP contribution < -0.4 is 0 Å². The number of nitrogens with zero attached hydrogens (tertiary/aromatic N) is 7. The molecule has 0 aliphatic heterocycles. The summed E-state index contributed by atoms with van der Waals surface area (Å²) >= 11 is 0. The smallest absolute Gasteiger partial charge is 0.180 e. The fourth-order valence-corrected chi connectivity index (χ4v) is 21.3. The van der Waals surface area contributed by atoms with Crippen molar-refractivity contribution in [3.05, 3.63) is 379 Å². The lowest BCUT2D eigenvalue weighted by Crippen LogP contribution is -2.23. The van der Waals surface area contributed by atoms with Crippen LogP contribution in [-0.2, 0) is 16.2 Å². The van der Waals surface area contributed by atoms with E-state index in [-0.39, 0.29) is 16.2 Å². The molecule has 128 heavy (non-hydrogen) atoms. The second-order valence-electron chi connectivity index (χ2n) is 34.9. The van der Waals surface area contributed by atoms with Gasteiger partial charge >= 0.3 is 0 Å². The van der Waals surface area contributed by atoms with E-state index in [1.807, 2.05) is 109 Å². The molecule has 0 atom stereocenters. The second-order valence-corrected chi connectivity index (χ2v) is 34.9. The van der Waals surface area contributed by atoms with Crippen LogP contribution in [0.5, 0.6) is 0 Å². The molecule has 0 saturated heterocycles. The number of aromatic nitrogens is 7. The van der Waals surface area contributed by atoms with E-state index in [1.54, 1.807) is 6.20 Å². The fraction of sp³-hybridized carbons (Fsp3) is 0.0948. The number of hydrogen-bond acceptors (Lipinski definition) is 12. The first-order valence-electron chi connectivity index (χ1n) is 43.9. The summed E-state index contributed by atoms with van der Waals surface area (Å²) in [6.45, 7) is 13.8. The monoisotopic (exact) mass is 1650 g/mol. The Bertz CT molecular complexity index is 8730. The van der Waals surface area contributed by atoms with Gasteiger partial charge in [-0.05, 0) is 147 Å². The highest BCUT2D eigenvalue weighted by atomic mass is 16.3. The molecule has 3 aliphatic rings. The van der Waals surface area contributed by atoms with Crippen LogP contribution in [0, 0.1) is 0 Å². The highest BCUT2D eigenvalue weighted by molar-refractivity contribution is 6.16. The summed E-state index contributed by atoms with van der Waals surface area (Å²) in [5.41, 5.74) is 36.3. The molecule has 9 aromatic heterocycles. The summed E-state index contributed by atoms with van der Waals surface area (Å²) in [6, 6.07) is 118. The van der Waals surface area contributed by atoms with Crippen molar-refractivity contribution in [2.75, 3.05) is 0 Å². The highest BCUT2D eigenvalue weighted by Gasteiger charge is 2.44. The quantitative estimate of drug-likeness (QED) is 0.135. The third-order valence-corrected chi connectivity index (χ3v) is 27.4. The molecule has 3 aliphatic carbocycles. The zero-order valence-electron chi connectivity index (χ0n) is 71.0. The molecule has 608 valence electrons. The molecule has 24 aromatic rings. The topological polar surface area (TPSA) is 156 Å². The average molecular weight is 1650 g/mol. The largest absolute Gasteiger partial charge is 0.456 e. The second kappa shape index (κ2) is 28.5. The van der Waals surface area contributed by atoms with Gasteiger partial charge < -0.3 is 22.1 Å². The van der Waals surface area contributed by atoms with Crippen LogP contribution in [0.25, 0.3) is 233 Å². The summed E-state index contributed by atoms with van der Waals surface area (Å²) < 4.78 is 33.1. The molecule has 0 fully saturated rings. The molecular formula is C116H79N7O5. The lowest BCUT2D eigenvalue weighted by atomic mass is 9.73. The summed E-state index contributed by atoms with van der Waals surface area (Å²) in [6.07, 6.45) is 3.85. The summed E-state index contributed by atoms with van der Waals surface area (Å²) in [4.78, 5) is 34.9. The van der Waals surface area contributed by atoms with Crippen LogP contribution in [0.3, 0.4) is 0 Å². The summed E-state index contributed by atoms with van der Waals surface area (Å²) in [7, 11) is 0. The molecule has 27 rings (SSSR count). The molecule has 0 bridgehead atoms. The van der Waals surface area contributed by atoms with Crippen molar-refractivity contribution in [3.63, 3.8) is 0 Å². The minimum absolute atomic E-state index is 0.0544. The molecule has 0 N–H and O–H groups in total. The minimum Gasteiger partial charge on any atom is -0.456 e. The number of pyridine rings is 1. The molecule has 0 radical (unpaired) electrons. The molecule has 0 spiro atoms. The summed E-state index contributed by atoms with van der Waals surface area (Å²) in [5.74, 6) is 1.94. The van der Waals surface area contributed by atoms with Crippen molar-refractivity contribution < 1.29 is 22.1 Å². The third kappa shape index (κ3) is 11.2. The maximum Gasteiger partial charge on any atom is 0.180 e. The van der Waals surface area contributed by atoms with Crippen LogP contribution >= 0.6 is 0 Å². The van der Waals surface area contributed by atoms with E-state index in [2.05, 4.69) is 277 Å². The molecule has 15 aromatic carbocycles. The predicted octanol–water partition coefficient (Wildman–Crippen LogP) is 30.8. The molecule has 12 heteroatoms. The van der Waals surface area contributed by atoms with E-state index in [0.717, 1.165) is 184 Å². The molecule has 12 nitrogen and oxygen atoms in total. The van der Waals surface area contributed by atoms with Crippen LogP contribution in [-0.4, -0.2) is 34.9 Å². The molecule has 0 saturated carbocycles. The van der Waals surface area contributed by atoms with Crippen LogP contribution in [0.15, 0.2) is 368 Å². The standard InChI is InChI=1S/C43H28N2O2.C37H24N2O2.C36H27N3O/c1-43(2)34-17-8-6-13-29(34)30-23-24-32-31-16-10-15-28(39(31)47-40(32)36(30)43)25-19-21-27(22-20-25)42-44-37(26-11-4-3-5-12-26)41-38(45-42)33-14-7-9-18-35(33)46-41;1-37(2)28-17-8-6-13-22(28)23-19-20-25-24-15-10-16-27(33(24)41-34(25)30(23)37)36-38-31(21-11-4-3-5-12-21)35-32(39-36)26-14-7-9-18-29(26)40-35;1-3-36(4-2)28-13-7-5-11-23(28)25-18-19-26-24-17-16-22(21-31(24)40-34(26)32(25)36)35-38-29-14-8-6-12-27(29)33(39-35)30-15-9-10-20-37-30/h3-24H,1-2H3;3-20H,1-2H3;5-21H,3-4H2,1-2H3. The van der Waals surface area contributed by atoms with Gasteiger partial charge in [0.1, 0.15) is 72.8 Å². The zero-order valence-corrected chi connectivity index (χ0v) is 71.0. The Morgan fingerprint density at radius 1 is 0.242 bits per heavy atom. The van der Waals surface area contributed by atoms with E-state index >= 15 is 0 Å². The SMILES string of the molecule is CC1(C)c2ccccc2-c2ccc3c(oc4c(-c5ccc(-c6nc(-c7ccccc7)c7oc8ccccc8c7n6)cc5)cccc43)c21.CC1(C)c2ccccc2-c2ccc3c(oc4c(-c5nc(-c6ccccc6)c6oc7ccccc7c6n5)cccc43)c21.CCC1(CC)c2ccccc2-c2ccc3c(oc4cc(-c5nc(-c6ccccn6)c6ccccc6n5)ccc43)c21. The number of rotatable bonds is 9. The maximum atomic E-state index is 6.87. The van der Waals surface area contributed by atoms with Crippen LogP contribution in [0.2, 0.25) is 0 Å². The third-order valence-electron chi connectivity index (χ3n) is 27.4. The maximum absolute atomic E-state index is 6.87. The number of hydrogen-bond donors (Lipinski definition) is 0. The van der Waals surface area contributed by atoms with Gasteiger partial charge in [0.25, 0.3) is 0 Å². The predicted molar refractivity (Wildman–Crippen MR) is 518 cm³/mol. The summed E-state index contributed by atoms with van der Waals surface area (Å²) in [5, 5.41) is 9.67. The lowest BCUT2D eigenvalue weighted by molar-refractivity contribution is 0.486. The van der Waals surface area contributed by atoms with Gasteiger partial charge in [-0.1, -0.05) is 302 Å². The van der Waals surface area contributed by atoms with E-state index in [1.165, 1.54) is 66.8 Å². The van der Waals surface area contributed by atoms with Crippen molar-refractivity contribution in [1.29, 1.82) is 0 Å². The van der Waals surface area contributed by atoms with Crippen molar-refractivity contribution in [2.45, 2.75) is 70.6 Å². The molecular weight excluding hydrogens is 1570 g/mol. The average Bonchev–Trinajstić information content (AvgIpc) is 1.55. The van der Waals surface area contributed by atoms with E-state index in [9.17, 15) is 0 Å². The van der Waals surface area contributed by atoms with E-state index in [0.29, 0.717) is 28.6 Å². The Labute approximate surface area is 735 Å². The number of para-hydroxylation sites is 5. The first-order chi connectivity index (χ1) is 62.9. The first kappa shape index (κ1) is 74.6. The van der Waals surface area contributed by atoms with Gasteiger partial charge in [-0.15, -0.1) is 0 Å². The fourth-order valence-electron chi connectivity index (χ4n) is 21.3. The van der Waals surface area contributed by atoms with Crippen LogP contribution in [0.1, 0.15) is 87.8 Å². The normalized spacial score (nSPS) is 13.6. The Balaban J connectivity index is 0.000000105. The number of fused-ring (bicyclic) bond motifs is 28. The van der Waals surface area contributed by atoms with Crippen molar-refractivity contribution in [3.8, 4) is 113 Å². The Hall–Kier alpha value is -16.1. The van der Waals surface area contributed by atoms with Crippen molar-refractivity contribution in [2.24, 2.45) is 0 Å². The first-order valence-corrected chi connectivity index (χ1v) is 43.9. The van der Waals surface area contributed by atoms with Gasteiger partial charge in [0, 0.05) is 115 Å². The van der Waals surface area contributed by atoms with Crippen molar-refractivity contribution >= 4 is 121 Å². The Morgan fingerprint density at radius 2 is 0.656 bits per heavy atom. The van der Waals surface area contributed by atoms with Gasteiger partial charge in [-0.25, -0.2) is 29.9 Å². The van der Waals surface area contributed by atoms with Gasteiger partial charge in [0.2, 0.25) is 0 Å². The zero-order chi connectivity index (χ0) is 85.4. The number of furan rings is 5. The highest BCUT2D eigenvalue weighted by Crippen LogP contribution is 2.59. The van der Waals surface area contributed by atoms with Crippen LogP contribution in [0.4, 0.5) is 0 Å². The minimum atomic E-state index is -0.176. The van der Waals surface area contributed by atoms with Crippen molar-refractivity contribution in [1.82, 2.24) is 34.9 Å². The van der Waals surface area contributed by atoms with Gasteiger partial charge in [-0.2, -0.15) is 0 Å². The molecule has 0 amide bonds. The Morgan fingerprint density at radius 3 is 1.24 bits per heavy atom. The molecule has 0 unspecified atom stereocenters. The molecule has 9 heterocycles. The van der Waals surface area contributed by atoms with E-state index < -0.39 is 0 Å². The van der Waals surface area contributed by atoms with Gasteiger partial charge in [0.05, 0.1) is 16.8 Å². The number of benzene rings is 15. The Kier molecular flexibility index (Phi) is 16.6. The van der Waals surface area contributed by atoms with Gasteiger partial charge in [-0.3, -0.25) is 4.98 Å². The lowest BCUT2D eigenvalue weighted by Gasteiger charge is -2.29.